The van der Waals surface area contributed by atoms with Crippen LogP contribution in [0.3, 0.4) is 0 Å². The number of imidazole rings is 1. The summed E-state index contributed by atoms with van der Waals surface area (Å²) in [5.74, 6) is 0.552. The molecule has 1 aromatic carbocycles. The van der Waals surface area contributed by atoms with Crippen LogP contribution in [0.25, 0.3) is 16.2 Å². The van der Waals surface area contributed by atoms with Gasteiger partial charge in [-0.1, -0.05) is 11.3 Å². The van der Waals surface area contributed by atoms with Crippen LogP contribution < -0.4 is 4.74 Å². The number of carbonyl (C=O) groups excluding carboxylic acids is 2. The van der Waals surface area contributed by atoms with Crippen molar-refractivity contribution in [2.75, 3.05) is 26.8 Å². The molecule has 1 fully saturated rings. The van der Waals surface area contributed by atoms with Crippen LogP contribution in [0.15, 0.2) is 30.5 Å². The van der Waals surface area contributed by atoms with E-state index >= 15 is 0 Å². The van der Waals surface area contributed by atoms with Gasteiger partial charge in [0.15, 0.2) is 4.96 Å². The van der Waals surface area contributed by atoms with Gasteiger partial charge in [0.1, 0.15) is 10.6 Å². The summed E-state index contributed by atoms with van der Waals surface area (Å²) in [6.45, 7) is 5.29. The van der Waals surface area contributed by atoms with E-state index in [1.165, 1.54) is 11.3 Å². The Morgan fingerprint density at radius 3 is 2.50 bits per heavy atom. The summed E-state index contributed by atoms with van der Waals surface area (Å²) in [4.78, 5) is 33.0. The molecule has 4 rings (SSSR count). The fraction of sp³-hybridized carbons (Fsp3) is 0.409. The fourth-order valence-electron chi connectivity index (χ4n) is 3.77. The third kappa shape index (κ3) is 3.79. The van der Waals surface area contributed by atoms with Crippen LogP contribution >= 0.6 is 11.3 Å². The quantitative estimate of drug-likeness (QED) is 0.579. The Kier molecular flexibility index (Phi) is 5.76. The van der Waals surface area contributed by atoms with E-state index in [1.807, 2.05) is 53.6 Å². The number of hydrogen-bond donors (Lipinski definition) is 0. The molecule has 0 N–H and O–H groups in total. The number of ether oxygens (including phenoxy) is 2. The Bertz CT molecular complexity index is 1060. The van der Waals surface area contributed by atoms with Gasteiger partial charge in [-0.2, -0.15) is 0 Å². The average Bonchev–Trinajstić information content (AvgIpc) is 3.33. The first-order chi connectivity index (χ1) is 14.5. The highest BCUT2D eigenvalue weighted by Gasteiger charge is 2.30. The van der Waals surface area contributed by atoms with Crippen molar-refractivity contribution in [2.24, 2.45) is 5.92 Å². The predicted molar refractivity (Wildman–Crippen MR) is 115 cm³/mol. The summed E-state index contributed by atoms with van der Waals surface area (Å²) in [7, 11) is 1.64. The Labute approximate surface area is 179 Å². The van der Waals surface area contributed by atoms with Gasteiger partial charge in [-0.25, -0.2) is 4.98 Å². The molecule has 0 bridgehead atoms. The van der Waals surface area contributed by atoms with E-state index in [4.69, 9.17) is 14.5 Å². The Morgan fingerprint density at radius 1 is 1.20 bits per heavy atom. The number of methoxy groups -OCH3 is 1. The monoisotopic (exact) mass is 427 g/mol. The minimum atomic E-state index is -0.151. The zero-order valence-electron chi connectivity index (χ0n) is 17.4. The van der Waals surface area contributed by atoms with E-state index in [9.17, 15) is 9.59 Å². The van der Waals surface area contributed by atoms with E-state index in [0.29, 0.717) is 37.4 Å². The molecule has 0 unspecified atom stereocenters. The lowest BCUT2D eigenvalue weighted by Gasteiger charge is -2.30. The second-order valence-corrected chi connectivity index (χ2v) is 8.32. The number of nitrogens with zero attached hydrogens (tertiary/aromatic N) is 3. The van der Waals surface area contributed by atoms with E-state index in [-0.39, 0.29) is 17.8 Å². The number of benzene rings is 1. The van der Waals surface area contributed by atoms with Gasteiger partial charge in [0.25, 0.3) is 5.91 Å². The van der Waals surface area contributed by atoms with Crippen molar-refractivity contribution in [1.29, 1.82) is 0 Å². The SMILES string of the molecule is CCOC(=O)C1CCN(C(=O)c2sc3nc(-c4ccc(OC)cc4)cn3c2C)CC1. The number of piperidine rings is 1. The third-order valence-electron chi connectivity index (χ3n) is 5.54. The second kappa shape index (κ2) is 8.47. The third-order valence-corrected chi connectivity index (χ3v) is 6.68. The van der Waals surface area contributed by atoms with Crippen LogP contribution in [-0.4, -0.2) is 53.0 Å². The molecule has 0 saturated carbocycles. The van der Waals surface area contributed by atoms with Crippen LogP contribution in [0.5, 0.6) is 5.75 Å². The molecule has 1 aliphatic rings. The Hall–Kier alpha value is -2.87. The standard InChI is InChI=1S/C22H25N3O4S/c1-4-29-21(27)16-9-11-24(12-10-16)20(26)19-14(2)25-13-18(23-22(25)30-19)15-5-7-17(28-3)8-6-15/h5-8,13,16H,4,9-12H2,1-3H3. The number of amides is 1. The molecule has 0 aliphatic carbocycles. The van der Waals surface area contributed by atoms with Gasteiger partial charge in [-0.3, -0.25) is 14.0 Å². The van der Waals surface area contributed by atoms with Gasteiger partial charge in [0, 0.05) is 30.5 Å². The van der Waals surface area contributed by atoms with E-state index < -0.39 is 0 Å². The maximum absolute atomic E-state index is 13.1. The molecular weight excluding hydrogens is 402 g/mol. The first kappa shape index (κ1) is 20.4. The number of aromatic nitrogens is 2. The molecule has 3 aromatic rings. The number of likely N-dealkylation sites (tertiary alicyclic amines) is 1. The number of esters is 1. The number of hydrogen-bond acceptors (Lipinski definition) is 6. The largest absolute Gasteiger partial charge is 0.497 e. The first-order valence-electron chi connectivity index (χ1n) is 10.1. The van der Waals surface area contributed by atoms with Crippen LogP contribution in [0.1, 0.15) is 35.1 Å². The van der Waals surface area contributed by atoms with Crippen LogP contribution in [0, 0.1) is 12.8 Å². The van der Waals surface area contributed by atoms with Crippen molar-refractivity contribution < 1.29 is 19.1 Å². The summed E-state index contributed by atoms with van der Waals surface area (Å²) in [5, 5.41) is 0. The van der Waals surface area contributed by atoms with Crippen LogP contribution in [-0.2, 0) is 9.53 Å². The Balaban J connectivity index is 1.49. The topological polar surface area (TPSA) is 73.1 Å². The second-order valence-electron chi connectivity index (χ2n) is 7.34. The minimum absolute atomic E-state index is 0.0105. The van der Waals surface area contributed by atoms with Crippen LogP contribution in [0.4, 0.5) is 0 Å². The molecule has 1 amide bonds. The molecule has 3 heterocycles. The van der Waals surface area contributed by atoms with E-state index in [0.717, 1.165) is 27.7 Å². The number of aryl methyl sites for hydroxylation is 1. The summed E-state index contributed by atoms with van der Waals surface area (Å²) in [6.07, 6.45) is 3.26. The lowest BCUT2D eigenvalue weighted by molar-refractivity contribution is -0.149. The number of rotatable bonds is 5. The fourth-order valence-corrected chi connectivity index (χ4v) is 4.85. The van der Waals surface area contributed by atoms with Gasteiger partial charge >= 0.3 is 5.97 Å². The summed E-state index contributed by atoms with van der Waals surface area (Å²) >= 11 is 1.41. The molecule has 2 aromatic heterocycles. The van der Waals surface area contributed by atoms with Crippen LogP contribution in [0.2, 0.25) is 0 Å². The molecule has 158 valence electrons. The van der Waals surface area contributed by atoms with Gasteiger partial charge in [-0.05, 0) is 51.0 Å². The lowest BCUT2D eigenvalue weighted by Crippen LogP contribution is -2.40. The molecule has 0 atom stereocenters. The van der Waals surface area contributed by atoms with Gasteiger partial charge in [0.2, 0.25) is 0 Å². The van der Waals surface area contributed by atoms with Gasteiger partial charge in [-0.15, -0.1) is 0 Å². The molecule has 1 aliphatic heterocycles. The molecule has 8 heteroatoms. The zero-order chi connectivity index (χ0) is 21.3. The maximum atomic E-state index is 13.1. The number of fused-ring (bicyclic) bond motifs is 1. The molecule has 7 nitrogen and oxygen atoms in total. The highest BCUT2D eigenvalue weighted by molar-refractivity contribution is 7.19. The molecular formula is C22H25N3O4S. The highest BCUT2D eigenvalue weighted by atomic mass is 32.1. The van der Waals surface area contributed by atoms with Crippen molar-refractivity contribution in [1.82, 2.24) is 14.3 Å². The Morgan fingerprint density at radius 2 is 1.90 bits per heavy atom. The predicted octanol–water partition coefficient (Wildman–Crippen LogP) is 3.80. The first-order valence-corrected chi connectivity index (χ1v) is 10.9. The normalized spacial score (nSPS) is 14.8. The molecule has 30 heavy (non-hydrogen) atoms. The summed E-state index contributed by atoms with van der Waals surface area (Å²) in [6, 6.07) is 7.76. The van der Waals surface area contributed by atoms with Crippen molar-refractivity contribution in [3.05, 3.63) is 41.0 Å². The van der Waals surface area contributed by atoms with Gasteiger partial charge < -0.3 is 14.4 Å². The van der Waals surface area contributed by atoms with Crippen molar-refractivity contribution in [3.63, 3.8) is 0 Å². The average molecular weight is 428 g/mol. The molecule has 0 radical (unpaired) electrons. The highest BCUT2D eigenvalue weighted by Crippen LogP contribution is 2.30. The van der Waals surface area contributed by atoms with Crippen molar-refractivity contribution >= 4 is 28.2 Å². The maximum Gasteiger partial charge on any atom is 0.309 e. The van der Waals surface area contributed by atoms with E-state index in [1.54, 1.807) is 7.11 Å². The molecule has 0 spiro atoms. The van der Waals surface area contributed by atoms with Gasteiger partial charge in [0.05, 0.1) is 25.3 Å². The number of thiazole rings is 1. The summed E-state index contributed by atoms with van der Waals surface area (Å²) < 4.78 is 12.3. The summed E-state index contributed by atoms with van der Waals surface area (Å²) in [5.41, 5.74) is 2.75. The lowest BCUT2D eigenvalue weighted by atomic mass is 9.97. The molecule has 1 saturated heterocycles. The smallest absolute Gasteiger partial charge is 0.309 e. The minimum Gasteiger partial charge on any atom is -0.497 e. The zero-order valence-corrected chi connectivity index (χ0v) is 18.2. The van der Waals surface area contributed by atoms with Crippen molar-refractivity contribution in [3.8, 4) is 17.0 Å². The van der Waals surface area contributed by atoms with Crippen molar-refractivity contribution in [2.45, 2.75) is 26.7 Å². The van der Waals surface area contributed by atoms with E-state index in [2.05, 4.69) is 0 Å². The number of carbonyl (C=O) groups is 2.